The van der Waals surface area contributed by atoms with Gasteiger partial charge in [0.05, 0.1) is 21.3 Å². The number of carbonyl (C=O) groups is 3. The van der Waals surface area contributed by atoms with E-state index < -0.39 is 30.9 Å². The third-order valence-corrected chi connectivity index (χ3v) is 3.13. The van der Waals surface area contributed by atoms with E-state index in [1.165, 1.54) is 39.5 Å². The van der Waals surface area contributed by atoms with Crippen LogP contribution in [0.3, 0.4) is 0 Å². The van der Waals surface area contributed by atoms with Crippen LogP contribution in [0.15, 0.2) is 24.8 Å². The molecule has 2 N–H and O–H groups in total. The minimum atomic E-state index is -0.750. The summed E-state index contributed by atoms with van der Waals surface area (Å²) in [6, 6.07) is 2.90. The zero-order chi connectivity index (χ0) is 19.5. The molecule has 0 unspecified atom stereocenters. The van der Waals surface area contributed by atoms with Crippen LogP contribution in [0.2, 0.25) is 0 Å². The van der Waals surface area contributed by atoms with Gasteiger partial charge in [-0.2, -0.15) is 0 Å². The summed E-state index contributed by atoms with van der Waals surface area (Å²) < 4.78 is 20.2. The first-order valence-electron chi connectivity index (χ1n) is 7.58. The molecule has 0 fully saturated rings. The number of benzene rings is 1. The maximum atomic E-state index is 12.2. The molecule has 2 amide bonds. The average Bonchev–Trinajstić information content (AvgIpc) is 2.67. The zero-order valence-corrected chi connectivity index (χ0v) is 14.9. The van der Waals surface area contributed by atoms with Crippen molar-refractivity contribution in [2.24, 2.45) is 0 Å². The van der Waals surface area contributed by atoms with Gasteiger partial charge >= 0.3 is 5.97 Å². The van der Waals surface area contributed by atoms with Gasteiger partial charge in [-0.1, -0.05) is 6.08 Å². The fraction of sp³-hybridized carbons (Fsp3) is 0.353. The standard InChI is InChI=1S/C17H22N2O7/c1-5-6-18-14(20)10-26-15(21)9-19-17(22)11-7-12(23-2)16(25-4)13(8-11)24-3/h5,7-8H,1,6,9-10H2,2-4H3,(H,18,20)(H,19,22). The zero-order valence-electron chi connectivity index (χ0n) is 14.9. The van der Waals surface area contributed by atoms with Crippen molar-refractivity contribution < 1.29 is 33.3 Å². The van der Waals surface area contributed by atoms with Crippen LogP contribution in [0.4, 0.5) is 0 Å². The second-order valence-corrected chi connectivity index (χ2v) is 4.85. The molecule has 0 heterocycles. The Morgan fingerprint density at radius 1 is 1.04 bits per heavy atom. The van der Waals surface area contributed by atoms with E-state index in [-0.39, 0.29) is 12.1 Å². The summed E-state index contributed by atoms with van der Waals surface area (Å²) in [5, 5.41) is 4.85. The largest absolute Gasteiger partial charge is 0.493 e. The molecule has 142 valence electrons. The molecule has 0 saturated carbocycles. The van der Waals surface area contributed by atoms with Crippen molar-refractivity contribution in [1.82, 2.24) is 10.6 Å². The van der Waals surface area contributed by atoms with Gasteiger partial charge in [-0.15, -0.1) is 6.58 Å². The number of hydrogen-bond acceptors (Lipinski definition) is 7. The van der Waals surface area contributed by atoms with E-state index in [9.17, 15) is 14.4 Å². The summed E-state index contributed by atoms with van der Waals surface area (Å²) in [4.78, 5) is 35.1. The van der Waals surface area contributed by atoms with Crippen LogP contribution in [0.5, 0.6) is 17.2 Å². The molecule has 0 aromatic heterocycles. The van der Waals surface area contributed by atoms with Crippen LogP contribution >= 0.6 is 0 Å². The smallest absolute Gasteiger partial charge is 0.325 e. The van der Waals surface area contributed by atoms with Gasteiger partial charge in [0.15, 0.2) is 18.1 Å². The molecule has 1 aromatic rings. The average molecular weight is 366 g/mol. The summed E-state index contributed by atoms with van der Waals surface area (Å²) in [7, 11) is 4.29. The van der Waals surface area contributed by atoms with Crippen molar-refractivity contribution in [1.29, 1.82) is 0 Å². The van der Waals surface area contributed by atoms with Crippen molar-refractivity contribution in [2.75, 3.05) is 41.0 Å². The highest BCUT2D eigenvalue weighted by Crippen LogP contribution is 2.38. The molecule has 0 atom stereocenters. The number of esters is 1. The fourth-order valence-electron chi connectivity index (χ4n) is 1.90. The molecular weight excluding hydrogens is 344 g/mol. The molecule has 0 saturated heterocycles. The van der Waals surface area contributed by atoms with E-state index in [0.717, 1.165) is 0 Å². The molecule has 0 spiro atoms. The maximum absolute atomic E-state index is 12.2. The summed E-state index contributed by atoms with van der Waals surface area (Å²) in [5.41, 5.74) is 0.205. The Hall–Kier alpha value is -3.23. The molecule has 0 aliphatic heterocycles. The fourth-order valence-corrected chi connectivity index (χ4v) is 1.90. The molecule has 0 bridgehead atoms. The van der Waals surface area contributed by atoms with Crippen molar-refractivity contribution in [3.8, 4) is 17.2 Å². The Balaban J connectivity index is 2.64. The topological polar surface area (TPSA) is 112 Å². The molecule has 26 heavy (non-hydrogen) atoms. The van der Waals surface area contributed by atoms with Crippen molar-refractivity contribution in [3.05, 3.63) is 30.4 Å². The van der Waals surface area contributed by atoms with Crippen LogP contribution in [0, 0.1) is 0 Å². The van der Waals surface area contributed by atoms with Gasteiger partial charge in [0, 0.05) is 12.1 Å². The number of rotatable bonds is 10. The Morgan fingerprint density at radius 3 is 2.15 bits per heavy atom. The highest BCUT2D eigenvalue weighted by atomic mass is 16.5. The highest BCUT2D eigenvalue weighted by molar-refractivity contribution is 5.97. The first kappa shape index (κ1) is 20.8. The monoisotopic (exact) mass is 366 g/mol. The molecule has 0 radical (unpaired) electrons. The van der Waals surface area contributed by atoms with Gasteiger partial charge < -0.3 is 29.6 Å². The molecule has 9 nitrogen and oxygen atoms in total. The normalized spacial score (nSPS) is 9.65. The summed E-state index contributed by atoms with van der Waals surface area (Å²) in [6.45, 7) is 2.88. The number of ether oxygens (including phenoxy) is 4. The third kappa shape index (κ3) is 6.00. The van der Waals surface area contributed by atoms with Crippen LogP contribution in [-0.2, 0) is 14.3 Å². The Morgan fingerprint density at radius 2 is 1.65 bits per heavy atom. The molecule has 1 rings (SSSR count). The van der Waals surface area contributed by atoms with Crippen LogP contribution in [0.1, 0.15) is 10.4 Å². The van der Waals surface area contributed by atoms with Crippen molar-refractivity contribution in [3.63, 3.8) is 0 Å². The van der Waals surface area contributed by atoms with Gasteiger partial charge in [-0.3, -0.25) is 14.4 Å². The van der Waals surface area contributed by atoms with E-state index in [1.54, 1.807) is 0 Å². The number of amides is 2. The van der Waals surface area contributed by atoms with E-state index in [1.807, 2.05) is 0 Å². The Kier molecular flexibility index (Phi) is 8.48. The second kappa shape index (κ2) is 10.6. The lowest BCUT2D eigenvalue weighted by Gasteiger charge is -2.14. The van der Waals surface area contributed by atoms with Gasteiger partial charge in [0.1, 0.15) is 6.54 Å². The lowest BCUT2D eigenvalue weighted by atomic mass is 10.1. The maximum Gasteiger partial charge on any atom is 0.325 e. The lowest BCUT2D eigenvalue weighted by molar-refractivity contribution is -0.147. The first-order valence-corrected chi connectivity index (χ1v) is 7.58. The van der Waals surface area contributed by atoms with Crippen LogP contribution in [0.25, 0.3) is 0 Å². The molecule has 0 aliphatic rings. The summed E-state index contributed by atoms with van der Waals surface area (Å²) in [6.07, 6.45) is 1.50. The lowest BCUT2D eigenvalue weighted by Crippen LogP contribution is -2.34. The molecule has 9 heteroatoms. The van der Waals surface area contributed by atoms with Gasteiger partial charge in [0.25, 0.3) is 11.8 Å². The summed E-state index contributed by atoms with van der Waals surface area (Å²) >= 11 is 0. The minimum Gasteiger partial charge on any atom is -0.493 e. The van der Waals surface area contributed by atoms with E-state index in [0.29, 0.717) is 17.2 Å². The SMILES string of the molecule is C=CCNC(=O)COC(=O)CNC(=O)c1cc(OC)c(OC)c(OC)c1. The number of hydrogen-bond donors (Lipinski definition) is 2. The third-order valence-electron chi connectivity index (χ3n) is 3.13. The van der Waals surface area contributed by atoms with E-state index in [4.69, 9.17) is 18.9 Å². The quantitative estimate of drug-likeness (QED) is 0.452. The van der Waals surface area contributed by atoms with Gasteiger partial charge in [-0.05, 0) is 12.1 Å². The van der Waals surface area contributed by atoms with E-state index in [2.05, 4.69) is 17.2 Å². The summed E-state index contributed by atoms with van der Waals surface area (Å²) in [5.74, 6) is -0.806. The van der Waals surface area contributed by atoms with Gasteiger partial charge in [-0.25, -0.2) is 0 Å². The minimum absolute atomic E-state index is 0.205. The first-order chi connectivity index (χ1) is 12.5. The Bertz CT molecular complexity index is 648. The van der Waals surface area contributed by atoms with E-state index >= 15 is 0 Å². The van der Waals surface area contributed by atoms with Gasteiger partial charge in [0.2, 0.25) is 5.75 Å². The molecule has 1 aromatic carbocycles. The predicted molar refractivity (Wildman–Crippen MR) is 92.6 cm³/mol. The van der Waals surface area contributed by atoms with Crippen molar-refractivity contribution >= 4 is 17.8 Å². The molecule has 0 aliphatic carbocycles. The number of carbonyl (C=O) groups excluding carboxylic acids is 3. The van der Waals surface area contributed by atoms with Crippen LogP contribution < -0.4 is 24.8 Å². The number of nitrogens with one attached hydrogen (secondary N) is 2. The van der Waals surface area contributed by atoms with Crippen LogP contribution in [-0.4, -0.2) is 58.8 Å². The Labute approximate surface area is 151 Å². The predicted octanol–water partition coefficient (Wildman–Crippen LogP) is 0.288. The number of methoxy groups -OCH3 is 3. The second-order valence-electron chi connectivity index (χ2n) is 4.85. The van der Waals surface area contributed by atoms with Crippen molar-refractivity contribution in [2.45, 2.75) is 0 Å². The highest BCUT2D eigenvalue weighted by Gasteiger charge is 2.17. The molecular formula is C17H22N2O7.